The molecule has 1 unspecified atom stereocenters. The summed E-state index contributed by atoms with van der Waals surface area (Å²) < 4.78 is 0. The zero-order chi connectivity index (χ0) is 9.97. The van der Waals surface area contributed by atoms with Crippen molar-refractivity contribution in [3.05, 3.63) is 29.8 Å². The third kappa shape index (κ3) is 2.26. The van der Waals surface area contributed by atoms with Crippen LogP contribution in [0.5, 0.6) is 0 Å². The molecule has 1 fully saturated rings. The van der Waals surface area contributed by atoms with Gasteiger partial charge >= 0.3 is 0 Å². The molecule has 1 saturated heterocycles. The maximum absolute atomic E-state index is 5.75. The topological polar surface area (TPSA) is 29.3 Å². The Morgan fingerprint density at radius 1 is 1.50 bits per heavy atom. The highest BCUT2D eigenvalue weighted by Gasteiger charge is 2.19. The number of rotatable bonds is 2. The molecule has 1 aliphatic heterocycles. The van der Waals surface area contributed by atoms with Crippen LogP contribution in [0.4, 0.5) is 5.69 Å². The Bertz CT molecular complexity index is 309. The molecule has 0 aliphatic carbocycles. The molecule has 0 spiro atoms. The van der Waals surface area contributed by atoms with E-state index in [1.54, 1.807) is 0 Å². The molecule has 2 N–H and O–H groups in total. The number of likely N-dealkylation sites (tertiary alicyclic amines) is 1. The van der Waals surface area contributed by atoms with Crippen LogP contribution in [0, 0.1) is 5.92 Å². The van der Waals surface area contributed by atoms with E-state index in [2.05, 4.69) is 24.1 Å². The number of benzene rings is 1. The fourth-order valence-electron chi connectivity index (χ4n) is 2.25. The molecule has 1 atom stereocenters. The van der Waals surface area contributed by atoms with Gasteiger partial charge < -0.3 is 10.6 Å². The van der Waals surface area contributed by atoms with Crippen molar-refractivity contribution in [3.63, 3.8) is 0 Å². The molecule has 1 aliphatic rings. The Kier molecular flexibility index (Phi) is 2.73. The van der Waals surface area contributed by atoms with Crippen LogP contribution in [-0.4, -0.2) is 25.0 Å². The predicted molar refractivity (Wildman–Crippen MR) is 60.2 cm³/mol. The van der Waals surface area contributed by atoms with Crippen molar-refractivity contribution in [3.8, 4) is 0 Å². The molecule has 2 rings (SSSR count). The molecule has 0 radical (unpaired) electrons. The standard InChI is InChI=1S/C12H18N2/c1-14-6-5-11(9-14)7-10-3-2-4-12(13)8-10/h2-4,8,11H,5-7,9,13H2,1H3. The van der Waals surface area contributed by atoms with Gasteiger partial charge in [0.25, 0.3) is 0 Å². The van der Waals surface area contributed by atoms with Crippen LogP contribution in [0.2, 0.25) is 0 Å². The molecule has 0 aromatic heterocycles. The van der Waals surface area contributed by atoms with E-state index in [4.69, 9.17) is 5.73 Å². The van der Waals surface area contributed by atoms with Crippen molar-refractivity contribution >= 4 is 5.69 Å². The average Bonchev–Trinajstić information content (AvgIpc) is 2.51. The number of hydrogen-bond donors (Lipinski definition) is 1. The van der Waals surface area contributed by atoms with Gasteiger partial charge in [-0.2, -0.15) is 0 Å². The largest absolute Gasteiger partial charge is 0.399 e. The van der Waals surface area contributed by atoms with E-state index in [-0.39, 0.29) is 0 Å². The van der Waals surface area contributed by atoms with Crippen LogP contribution < -0.4 is 5.73 Å². The lowest BCUT2D eigenvalue weighted by Crippen LogP contribution is -2.14. The molecular weight excluding hydrogens is 172 g/mol. The van der Waals surface area contributed by atoms with Gasteiger partial charge in [-0.1, -0.05) is 12.1 Å². The van der Waals surface area contributed by atoms with Crippen LogP contribution in [-0.2, 0) is 6.42 Å². The number of nitrogen functional groups attached to an aromatic ring is 1. The van der Waals surface area contributed by atoms with E-state index in [9.17, 15) is 0 Å². The number of nitrogens with zero attached hydrogens (tertiary/aromatic N) is 1. The van der Waals surface area contributed by atoms with Gasteiger partial charge in [0, 0.05) is 12.2 Å². The zero-order valence-electron chi connectivity index (χ0n) is 8.74. The average molecular weight is 190 g/mol. The van der Waals surface area contributed by atoms with Crippen molar-refractivity contribution in [2.45, 2.75) is 12.8 Å². The van der Waals surface area contributed by atoms with E-state index in [0.29, 0.717) is 0 Å². The van der Waals surface area contributed by atoms with Crippen molar-refractivity contribution < 1.29 is 0 Å². The molecule has 2 nitrogen and oxygen atoms in total. The summed E-state index contributed by atoms with van der Waals surface area (Å²) in [5, 5.41) is 0. The monoisotopic (exact) mass is 190 g/mol. The highest BCUT2D eigenvalue weighted by molar-refractivity contribution is 5.40. The second-order valence-electron chi connectivity index (χ2n) is 4.37. The van der Waals surface area contributed by atoms with Gasteiger partial charge in [-0.15, -0.1) is 0 Å². The molecular formula is C12H18N2. The summed E-state index contributed by atoms with van der Waals surface area (Å²) >= 11 is 0. The van der Waals surface area contributed by atoms with E-state index in [1.165, 1.54) is 31.5 Å². The third-order valence-electron chi connectivity index (χ3n) is 2.96. The fourth-order valence-corrected chi connectivity index (χ4v) is 2.25. The van der Waals surface area contributed by atoms with Crippen molar-refractivity contribution in [2.24, 2.45) is 5.92 Å². The highest BCUT2D eigenvalue weighted by atomic mass is 15.1. The van der Waals surface area contributed by atoms with Gasteiger partial charge in [0.15, 0.2) is 0 Å². The first-order valence-electron chi connectivity index (χ1n) is 5.27. The Balaban J connectivity index is 1.97. The number of anilines is 1. The third-order valence-corrected chi connectivity index (χ3v) is 2.96. The molecule has 0 saturated carbocycles. The second kappa shape index (κ2) is 4.01. The Morgan fingerprint density at radius 2 is 2.36 bits per heavy atom. The lowest BCUT2D eigenvalue weighted by molar-refractivity contribution is 0.394. The SMILES string of the molecule is CN1CCC(Cc2cccc(N)c2)C1. The van der Waals surface area contributed by atoms with Gasteiger partial charge in [-0.3, -0.25) is 0 Å². The molecule has 0 bridgehead atoms. The lowest BCUT2D eigenvalue weighted by Gasteiger charge is -2.10. The Morgan fingerprint density at radius 3 is 3.00 bits per heavy atom. The normalized spacial score (nSPS) is 22.8. The maximum atomic E-state index is 5.75. The first-order valence-corrected chi connectivity index (χ1v) is 5.27. The maximum Gasteiger partial charge on any atom is 0.0316 e. The molecule has 76 valence electrons. The minimum absolute atomic E-state index is 0.821. The summed E-state index contributed by atoms with van der Waals surface area (Å²) in [6.07, 6.45) is 2.50. The van der Waals surface area contributed by atoms with Crippen molar-refractivity contribution in [1.82, 2.24) is 4.90 Å². The molecule has 2 heteroatoms. The quantitative estimate of drug-likeness (QED) is 0.720. The summed E-state index contributed by atoms with van der Waals surface area (Å²) in [6, 6.07) is 8.26. The van der Waals surface area contributed by atoms with E-state index < -0.39 is 0 Å². The van der Waals surface area contributed by atoms with Crippen LogP contribution in [0.15, 0.2) is 24.3 Å². The van der Waals surface area contributed by atoms with Crippen molar-refractivity contribution in [1.29, 1.82) is 0 Å². The second-order valence-corrected chi connectivity index (χ2v) is 4.37. The summed E-state index contributed by atoms with van der Waals surface area (Å²) in [7, 11) is 2.19. The molecule has 1 heterocycles. The van der Waals surface area contributed by atoms with Crippen molar-refractivity contribution in [2.75, 3.05) is 25.9 Å². The van der Waals surface area contributed by atoms with Crippen LogP contribution in [0.3, 0.4) is 0 Å². The van der Waals surface area contributed by atoms with E-state index >= 15 is 0 Å². The predicted octanol–water partition coefficient (Wildman–Crippen LogP) is 1.76. The summed E-state index contributed by atoms with van der Waals surface area (Å²) in [5.74, 6) is 0.821. The Labute approximate surface area is 85.7 Å². The molecule has 14 heavy (non-hydrogen) atoms. The van der Waals surface area contributed by atoms with Gasteiger partial charge in [0.05, 0.1) is 0 Å². The summed E-state index contributed by atoms with van der Waals surface area (Å²) in [5.41, 5.74) is 8.01. The number of hydrogen-bond acceptors (Lipinski definition) is 2. The first kappa shape index (κ1) is 9.53. The van der Waals surface area contributed by atoms with Gasteiger partial charge in [0.1, 0.15) is 0 Å². The lowest BCUT2D eigenvalue weighted by atomic mass is 9.98. The summed E-state index contributed by atoms with van der Waals surface area (Å²) in [6.45, 7) is 2.47. The molecule has 1 aromatic rings. The Hall–Kier alpha value is -1.02. The minimum atomic E-state index is 0.821. The van der Waals surface area contributed by atoms with Crippen LogP contribution >= 0.6 is 0 Å². The smallest absolute Gasteiger partial charge is 0.0316 e. The van der Waals surface area contributed by atoms with E-state index in [1.807, 2.05) is 12.1 Å². The first-order chi connectivity index (χ1) is 6.74. The molecule has 0 amide bonds. The highest BCUT2D eigenvalue weighted by Crippen LogP contribution is 2.20. The van der Waals surface area contributed by atoms with Gasteiger partial charge in [0.2, 0.25) is 0 Å². The minimum Gasteiger partial charge on any atom is -0.399 e. The number of nitrogens with two attached hydrogens (primary N) is 1. The van der Waals surface area contributed by atoms with Crippen LogP contribution in [0.25, 0.3) is 0 Å². The van der Waals surface area contributed by atoms with Gasteiger partial charge in [-0.25, -0.2) is 0 Å². The van der Waals surface area contributed by atoms with Gasteiger partial charge in [-0.05, 0) is 50.0 Å². The van der Waals surface area contributed by atoms with E-state index in [0.717, 1.165) is 11.6 Å². The van der Waals surface area contributed by atoms with Crippen LogP contribution in [0.1, 0.15) is 12.0 Å². The fraction of sp³-hybridized carbons (Fsp3) is 0.500. The zero-order valence-corrected chi connectivity index (χ0v) is 8.74. The summed E-state index contributed by atoms with van der Waals surface area (Å²) in [4.78, 5) is 2.40. The molecule has 1 aromatic carbocycles.